The predicted molar refractivity (Wildman–Crippen MR) is 128 cm³/mol. The number of aliphatic imine (C=N–C) groups is 1. The number of ether oxygens (including phenoxy) is 1. The largest absolute Gasteiger partial charge is 0.383 e. The maximum Gasteiger partial charge on any atom is 0.267 e. The van der Waals surface area contributed by atoms with Crippen molar-refractivity contribution < 1.29 is 32.0 Å². The van der Waals surface area contributed by atoms with Crippen molar-refractivity contribution in [3.05, 3.63) is 41.6 Å². The molecule has 0 unspecified atom stereocenters. The Kier molecular flexibility index (Phi) is 7.73. The van der Waals surface area contributed by atoms with Gasteiger partial charge in [-0.05, 0) is 12.8 Å². The summed E-state index contributed by atoms with van der Waals surface area (Å²) in [5.74, 6) is -2.82. The summed E-state index contributed by atoms with van der Waals surface area (Å²) in [6, 6.07) is 0. The Hall–Kier alpha value is -3.27. The second-order valence-electron chi connectivity index (χ2n) is 8.36. The second kappa shape index (κ2) is 10.8. The van der Waals surface area contributed by atoms with Crippen LogP contribution in [0.25, 0.3) is 0 Å². The summed E-state index contributed by atoms with van der Waals surface area (Å²) < 4.78 is 60.8. The first kappa shape index (κ1) is 25.8. The SMILES string of the molecule is N=C(N)C(C(=O)Nc1cncc(F)c1N1CCN(S(=O)(=O)C2CCOCC2)CC1)=C1N=CC(F)=C[NH2+]1. The van der Waals surface area contributed by atoms with Crippen LogP contribution in [0.4, 0.5) is 20.2 Å². The first-order valence-corrected chi connectivity index (χ1v) is 12.8. The van der Waals surface area contributed by atoms with E-state index in [1.807, 2.05) is 0 Å². The van der Waals surface area contributed by atoms with Crippen LogP contribution in [0.1, 0.15) is 12.8 Å². The zero-order valence-corrected chi connectivity index (χ0v) is 20.1. The number of allylic oxidation sites excluding steroid dienone is 1. The molecule has 15 heteroatoms. The van der Waals surface area contributed by atoms with Gasteiger partial charge >= 0.3 is 0 Å². The molecular formula is C21H27F2N8O4S+. The molecule has 1 amide bonds. The average Bonchev–Trinajstić information content (AvgIpc) is 2.86. The fourth-order valence-corrected chi connectivity index (χ4v) is 6.16. The van der Waals surface area contributed by atoms with Crippen molar-refractivity contribution in [2.75, 3.05) is 49.6 Å². The van der Waals surface area contributed by atoms with Crippen LogP contribution in [0.15, 0.2) is 40.8 Å². The molecule has 0 aromatic carbocycles. The van der Waals surface area contributed by atoms with E-state index in [1.165, 1.54) is 15.8 Å². The molecule has 1 aromatic rings. The van der Waals surface area contributed by atoms with Crippen molar-refractivity contribution in [3.8, 4) is 0 Å². The monoisotopic (exact) mass is 525 g/mol. The molecule has 3 aliphatic rings. The number of amidine groups is 1. The van der Waals surface area contributed by atoms with Crippen molar-refractivity contribution in [2.45, 2.75) is 18.1 Å². The van der Waals surface area contributed by atoms with Crippen molar-refractivity contribution >= 4 is 39.4 Å². The molecule has 3 aliphatic heterocycles. The van der Waals surface area contributed by atoms with Gasteiger partial charge in [-0.2, -0.15) is 8.70 Å². The number of sulfonamides is 1. The summed E-state index contributed by atoms with van der Waals surface area (Å²) in [5, 5.41) is 11.0. The summed E-state index contributed by atoms with van der Waals surface area (Å²) in [4.78, 5) is 22.2. The first-order chi connectivity index (χ1) is 17.2. The first-order valence-electron chi connectivity index (χ1n) is 11.3. The number of quaternary nitrogens is 1. The molecule has 36 heavy (non-hydrogen) atoms. The minimum absolute atomic E-state index is 0.0154. The minimum atomic E-state index is -3.51. The number of nitrogens with one attached hydrogen (secondary N) is 2. The standard InChI is InChI=1S/C21H26F2N8O4S/c22-13-9-27-20(28-10-13)17(19(24)25)21(32)29-16-12-26-11-15(23)18(16)30-3-5-31(6-4-30)36(33,34)14-1-7-35-8-2-14/h9-12,14,27H,1-8H2,(H3,24,25)(H,29,32)/p+1. The predicted octanol–water partition coefficient (Wildman–Crippen LogP) is -0.604. The van der Waals surface area contributed by atoms with Crippen molar-refractivity contribution in [3.63, 3.8) is 0 Å². The van der Waals surface area contributed by atoms with Gasteiger partial charge in [0.2, 0.25) is 15.8 Å². The maximum absolute atomic E-state index is 14.9. The zero-order chi connectivity index (χ0) is 25.9. The number of halogens is 2. The van der Waals surface area contributed by atoms with Gasteiger partial charge in [0.15, 0.2) is 17.2 Å². The molecule has 0 saturated carbocycles. The Balaban J connectivity index is 1.52. The topological polar surface area (TPSA) is 171 Å². The van der Waals surface area contributed by atoms with Crippen LogP contribution >= 0.6 is 0 Å². The lowest BCUT2D eigenvalue weighted by Crippen LogP contribution is -2.77. The molecular weight excluding hydrogens is 498 g/mol. The van der Waals surface area contributed by atoms with Gasteiger partial charge in [0.1, 0.15) is 17.7 Å². The molecule has 1 aromatic heterocycles. The minimum Gasteiger partial charge on any atom is -0.383 e. The van der Waals surface area contributed by atoms with Gasteiger partial charge < -0.3 is 20.7 Å². The van der Waals surface area contributed by atoms with Gasteiger partial charge in [-0.1, -0.05) is 0 Å². The quantitative estimate of drug-likeness (QED) is 0.218. The van der Waals surface area contributed by atoms with Crippen LogP contribution < -0.4 is 21.3 Å². The van der Waals surface area contributed by atoms with Crippen LogP contribution in [0.5, 0.6) is 0 Å². The van der Waals surface area contributed by atoms with Gasteiger partial charge in [0, 0.05) is 39.4 Å². The molecule has 0 radical (unpaired) electrons. The Morgan fingerprint density at radius 2 is 1.89 bits per heavy atom. The highest BCUT2D eigenvalue weighted by Gasteiger charge is 2.36. The Labute approximate surface area is 206 Å². The second-order valence-corrected chi connectivity index (χ2v) is 10.6. The van der Waals surface area contributed by atoms with Crippen LogP contribution in [-0.2, 0) is 19.6 Å². The van der Waals surface area contributed by atoms with Crippen LogP contribution in [0.2, 0.25) is 0 Å². The normalized spacial score (nSPS) is 21.2. The molecule has 6 N–H and O–H groups in total. The van der Waals surface area contributed by atoms with Crippen LogP contribution in [0, 0.1) is 11.2 Å². The third-order valence-corrected chi connectivity index (χ3v) is 8.50. The van der Waals surface area contributed by atoms with Gasteiger partial charge in [-0.25, -0.2) is 17.8 Å². The number of hydrogen-bond acceptors (Lipinski definition) is 8. The maximum atomic E-state index is 14.9. The fraction of sp³-hybridized carbons (Fsp3) is 0.429. The number of hydrogen-bond donors (Lipinski definition) is 4. The Morgan fingerprint density at radius 3 is 2.50 bits per heavy atom. The van der Waals surface area contributed by atoms with E-state index in [-0.39, 0.29) is 48.9 Å². The van der Waals surface area contributed by atoms with Gasteiger partial charge in [0.05, 0.1) is 29.5 Å². The number of piperazine rings is 1. The molecule has 4 heterocycles. The lowest BCUT2D eigenvalue weighted by Gasteiger charge is -2.38. The van der Waals surface area contributed by atoms with Crippen molar-refractivity contribution in [1.29, 1.82) is 5.41 Å². The van der Waals surface area contributed by atoms with Gasteiger partial charge in [-0.15, -0.1) is 0 Å². The summed E-state index contributed by atoms with van der Waals surface area (Å²) in [5.41, 5.74) is 5.30. The average molecular weight is 526 g/mol. The molecule has 2 saturated heterocycles. The number of rotatable bonds is 6. The molecule has 0 bridgehead atoms. The number of carbonyl (C=O) groups excluding carboxylic acids is 1. The lowest BCUT2D eigenvalue weighted by molar-refractivity contribution is -0.538. The van der Waals surface area contributed by atoms with E-state index in [0.29, 0.717) is 26.1 Å². The van der Waals surface area contributed by atoms with Crippen molar-refractivity contribution in [2.24, 2.45) is 10.7 Å². The molecule has 0 atom stereocenters. The molecule has 0 aliphatic carbocycles. The molecule has 2 fully saturated rings. The van der Waals surface area contributed by atoms with Gasteiger partial charge in [-0.3, -0.25) is 20.5 Å². The number of carbonyl (C=O) groups is 1. The summed E-state index contributed by atoms with van der Waals surface area (Å²) in [7, 11) is -3.51. The fourth-order valence-electron chi connectivity index (χ4n) is 4.28. The Morgan fingerprint density at radius 1 is 1.19 bits per heavy atom. The lowest BCUT2D eigenvalue weighted by atomic mass is 10.2. The summed E-state index contributed by atoms with van der Waals surface area (Å²) in [6.45, 7) is 1.49. The molecule has 0 spiro atoms. The smallest absolute Gasteiger partial charge is 0.267 e. The zero-order valence-electron chi connectivity index (χ0n) is 19.3. The summed E-state index contributed by atoms with van der Waals surface area (Å²) >= 11 is 0. The molecule has 12 nitrogen and oxygen atoms in total. The third kappa shape index (κ3) is 5.43. The highest BCUT2D eigenvalue weighted by atomic mass is 32.2. The number of nitrogens with two attached hydrogens (primary N) is 2. The highest BCUT2D eigenvalue weighted by Crippen LogP contribution is 2.31. The van der Waals surface area contributed by atoms with E-state index in [1.54, 1.807) is 4.90 Å². The third-order valence-electron chi connectivity index (χ3n) is 6.11. The number of pyridine rings is 1. The molecule has 194 valence electrons. The van der Waals surface area contributed by atoms with Gasteiger partial charge in [0.25, 0.3) is 5.91 Å². The Bertz CT molecular complexity index is 1240. The number of amides is 1. The van der Waals surface area contributed by atoms with E-state index in [0.717, 1.165) is 18.6 Å². The number of aromatic nitrogens is 1. The van der Waals surface area contributed by atoms with Crippen LogP contribution in [-0.4, -0.2) is 80.3 Å². The number of anilines is 2. The van der Waals surface area contributed by atoms with E-state index in [4.69, 9.17) is 15.9 Å². The van der Waals surface area contributed by atoms with Crippen LogP contribution in [0.3, 0.4) is 0 Å². The highest BCUT2D eigenvalue weighted by molar-refractivity contribution is 7.89. The summed E-state index contributed by atoms with van der Waals surface area (Å²) in [6.07, 6.45) is 5.08. The van der Waals surface area contributed by atoms with E-state index >= 15 is 0 Å². The van der Waals surface area contributed by atoms with E-state index < -0.39 is 38.7 Å². The van der Waals surface area contributed by atoms with Crippen molar-refractivity contribution in [1.82, 2.24) is 9.29 Å². The number of nitrogens with zero attached hydrogens (tertiary/aromatic N) is 4. The van der Waals surface area contributed by atoms with E-state index in [9.17, 15) is 22.0 Å². The van der Waals surface area contributed by atoms with E-state index in [2.05, 4.69) is 15.3 Å². The molecule has 4 rings (SSSR count).